The Balaban J connectivity index is 2.29. The first-order valence-corrected chi connectivity index (χ1v) is 4.15. The summed E-state index contributed by atoms with van der Waals surface area (Å²) in [6, 6.07) is 1.94. The van der Waals surface area contributed by atoms with Crippen LogP contribution in [0, 0.1) is 0 Å². The van der Waals surface area contributed by atoms with E-state index in [4.69, 9.17) is 11.6 Å². The Morgan fingerprint density at radius 1 is 1.36 bits per heavy atom. The highest BCUT2D eigenvalue weighted by molar-refractivity contribution is 6.24. The zero-order valence-corrected chi connectivity index (χ0v) is 6.88. The second-order valence-corrected chi connectivity index (χ2v) is 3.67. The van der Waals surface area contributed by atoms with Gasteiger partial charge in [-0.25, -0.2) is 0 Å². The average Bonchev–Trinajstić information content (AvgIpc) is 2.02. The fourth-order valence-corrected chi connectivity index (χ4v) is 1.71. The van der Waals surface area contributed by atoms with Gasteiger partial charge in [0.05, 0.1) is 11.1 Å². The van der Waals surface area contributed by atoms with E-state index in [-0.39, 0.29) is 4.87 Å². The third-order valence-electron chi connectivity index (χ3n) is 2.25. The van der Waals surface area contributed by atoms with E-state index in [9.17, 15) is 0 Å². The van der Waals surface area contributed by atoms with Gasteiger partial charge in [0, 0.05) is 6.20 Å². The Morgan fingerprint density at radius 3 is 2.64 bits per heavy atom. The van der Waals surface area contributed by atoms with Crippen LogP contribution < -0.4 is 0 Å². The Hall–Kier alpha value is -0.630. The van der Waals surface area contributed by atoms with Crippen LogP contribution in [-0.2, 0) is 4.87 Å². The van der Waals surface area contributed by atoms with Crippen LogP contribution in [-0.4, -0.2) is 10.2 Å². The number of nitrogens with zero attached hydrogens (tertiary/aromatic N) is 2. The van der Waals surface area contributed by atoms with Gasteiger partial charge in [0.15, 0.2) is 0 Å². The Morgan fingerprint density at radius 2 is 2.18 bits per heavy atom. The van der Waals surface area contributed by atoms with Crippen LogP contribution in [0.5, 0.6) is 0 Å². The largest absolute Gasteiger partial charge is 0.159 e. The minimum Gasteiger partial charge on any atom is -0.159 e. The molecule has 2 nitrogen and oxygen atoms in total. The fourth-order valence-electron chi connectivity index (χ4n) is 1.33. The second-order valence-electron chi connectivity index (χ2n) is 2.95. The maximum Gasteiger partial charge on any atom is 0.0711 e. The van der Waals surface area contributed by atoms with Crippen LogP contribution in [0.3, 0.4) is 0 Å². The number of alkyl halides is 1. The first-order valence-electron chi connectivity index (χ1n) is 3.77. The molecule has 1 heterocycles. The highest BCUT2D eigenvalue weighted by Gasteiger charge is 2.36. The molecule has 11 heavy (non-hydrogen) atoms. The van der Waals surface area contributed by atoms with Crippen LogP contribution in [0.1, 0.15) is 24.8 Å². The van der Waals surface area contributed by atoms with Gasteiger partial charge in [0.1, 0.15) is 0 Å². The summed E-state index contributed by atoms with van der Waals surface area (Å²) in [5, 5.41) is 7.51. The van der Waals surface area contributed by atoms with E-state index < -0.39 is 0 Å². The van der Waals surface area contributed by atoms with Crippen molar-refractivity contribution in [2.24, 2.45) is 0 Å². The van der Waals surface area contributed by atoms with Crippen molar-refractivity contribution in [2.45, 2.75) is 24.1 Å². The molecule has 0 N–H and O–H groups in total. The highest BCUT2D eigenvalue weighted by Crippen LogP contribution is 2.46. The van der Waals surface area contributed by atoms with Crippen molar-refractivity contribution in [1.29, 1.82) is 0 Å². The van der Waals surface area contributed by atoms with E-state index in [2.05, 4.69) is 10.2 Å². The fraction of sp³-hybridized carbons (Fsp3) is 0.500. The zero-order chi connectivity index (χ0) is 7.73. The molecule has 0 radical (unpaired) electrons. The molecule has 1 fully saturated rings. The molecule has 0 unspecified atom stereocenters. The van der Waals surface area contributed by atoms with Gasteiger partial charge in [-0.05, 0) is 30.9 Å². The molecule has 1 aliphatic carbocycles. The molecule has 0 aliphatic heterocycles. The number of rotatable bonds is 1. The lowest BCUT2D eigenvalue weighted by atomic mass is 9.80. The van der Waals surface area contributed by atoms with E-state index in [0.29, 0.717) is 0 Å². The van der Waals surface area contributed by atoms with E-state index in [0.717, 1.165) is 18.4 Å². The zero-order valence-electron chi connectivity index (χ0n) is 6.13. The number of halogens is 1. The SMILES string of the molecule is ClC1(c2ccnnc2)CCC1. The second kappa shape index (κ2) is 2.45. The summed E-state index contributed by atoms with van der Waals surface area (Å²) in [6.07, 6.45) is 6.82. The van der Waals surface area contributed by atoms with Crippen LogP contribution >= 0.6 is 11.6 Å². The summed E-state index contributed by atoms with van der Waals surface area (Å²) in [6.45, 7) is 0. The molecular formula is C8H9ClN2. The lowest BCUT2D eigenvalue weighted by Crippen LogP contribution is -2.27. The molecule has 3 heteroatoms. The van der Waals surface area contributed by atoms with Gasteiger partial charge in [-0.3, -0.25) is 0 Å². The number of hydrogen-bond acceptors (Lipinski definition) is 2. The molecule has 0 amide bonds. The van der Waals surface area contributed by atoms with Crippen molar-refractivity contribution in [3.05, 3.63) is 24.0 Å². The molecular weight excluding hydrogens is 160 g/mol. The van der Waals surface area contributed by atoms with Crippen molar-refractivity contribution in [1.82, 2.24) is 10.2 Å². The van der Waals surface area contributed by atoms with E-state index >= 15 is 0 Å². The van der Waals surface area contributed by atoms with Crippen molar-refractivity contribution >= 4 is 11.6 Å². The molecule has 1 saturated carbocycles. The molecule has 1 aromatic heterocycles. The van der Waals surface area contributed by atoms with Crippen LogP contribution in [0.25, 0.3) is 0 Å². The molecule has 0 spiro atoms. The third-order valence-corrected chi connectivity index (χ3v) is 2.84. The molecule has 0 saturated heterocycles. The van der Waals surface area contributed by atoms with Crippen molar-refractivity contribution in [3.8, 4) is 0 Å². The summed E-state index contributed by atoms with van der Waals surface area (Å²) >= 11 is 6.27. The van der Waals surface area contributed by atoms with Gasteiger partial charge in [0.2, 0.25) is 0 Å². The van der Waals surface area contributed by atoms with Crippen molar-refractivity contribution < 1.29 is 0 Å². The minimum atomic E-state index is -0.115. The Labute approximate surface area is 70.6 Å². The molecule has 1 aliphatic rings. The average molecular weight is 169 g/mol. The van der Waals surface area contributed by atoms with Gasteiger partial charge in [-0.1, -0.05) is 0 Å². The molecule has 0 aromatic carbocycles. The molecule has 58 valence electrons. The van der Waals surface area contributed by atoms with E-state index in [1.807, 2.05) is 6.07 Å². The van der Waals surface area contributed by atoms with Gasteiger partial charge >= 0.3 is 0 Å². The maximum atomic E-state index is 6.27. The van der Waals surface area contributed by atoms with Gasteiger partial charge in [-0.2, -0.15) is 10.2 Å². The first kappa shape index (κ1) is 7.04. The predicted octanol–water partition coefficient (Wildman–Crippen LogP) is 2.09. The number of hydrogen-bond donors (Lipinski definition) is 0. The Bertz CT molecular complexity index is 244. The minimum absolute atomic E-state index is 0.115. The summed E-state index contributed by atoms with van der Waals surface area (Å²) in [4.78, 5) is -0.115. The summed E-state index contributed by atoms with van der Waals surface area (Å²) in [5.41, 5.74) is 1.11. The van der Waals surface area contributed by atoms with Gasteiger partial charge in [0.25, 0.3) is 0 Å². The summed E-state index contributed by atoms with van der Waals surface area (Å²) in [5.74, 6) is 0. The van der Waals surface area contributed by atoms with Crippen LogP contribution in [0.4, 0.5) is 0 Å². The van der Waals surface area contributed by atoms with Crippen LogP contribution in [0.2, 0.25) is 0 Å². The van der Waals surface area contributed by atoms with Crippen molar-refractivity contribution in [3.63, 3.8) is 0 Å². The lowest BCUT2D eigenvalue weighted by Gasteiger charge is -2.35. The van der Waals surface area contributed by atoms with Crippen molar-refractivity contribution in [2.75, 3.05) is 0 Å². The molecule has 2 rings (SSSR count). The molecule has 0 atom stereocenters. The van der Waals surface area contributed by atoms with E-state index in [1.165, 1.54) is 6.42 Å². The standard InChI is InChI=1S/C8H9ClN2/c9-8(3-1-4-8)7-2-5-10-11-6-7/h2,5-6H,1,3-4H2. The van der Waals surface area contributed by atoms with Gasteiger partial charge < -0.3 is 0 Å². The predicted molar refractivity (Wildman–Crippen MR) is 43.4 cm³/mol. The quantitative estimate of drug-likeness (QED) is 0.601. The Kier molecular flexibility index (Phi) is 1.57. The smallest absolute Gasteiger partial charge is 0.0711 e. The van der Waals surface area contributed by atoms with Crippen LogP contribution in [0.15, 0.2) is 18.5 Å². The van der Waals surface area contributed by atoms with E-state index in [1.54, 1.807) is 12.4 Å². The lowest BCUT2D eigenvalue weighted by molar-refractivity contribution is 0.361. The highest BCUT2D eigenvalue weighted by atomic mass is 35.5. The first-order chi connectivity index (χ1) is 5.31. The number of aromatic nitrogens is 2. The molecule has 0 bridgehead atoms. The van der Waals surface area contributed by atoms with Gasteiger partial charge in [-0.15, -0.1) is 11.6 Å². The summed E-state index contributed by atoms with van der Waals surface area (Å²) in [7, 11) is 0. The summed E-state index contributed by atoms with van der Waals surface area (Å²) < 4.78 is 0. The normalized spacial score (nSPS) is 20.8. The topological polar surface area (TPSA) is 25.8 Å². The third kappa shape index (κ3) is 1.11. The molecule has 1 aromatic rings. The monoisotopic (exact) mass is 168 g/mol. The maximum absolute atomic E-state index is 6.27.